The topological polar surface area (TPSA) is 51.0 Å². The van der Waals surface area contributed by atoms with Crippen LogP contribution in [-0.2, 0) is 12.0 Å². The Morgan fingerprint density at radius 3 is 2.37 bits per heavy atom. The fourth-order valence-electron chi connectivity index (χ4n) is 5.16. The van der Waals surface area contributed by atoms with Crippen molar-refractivity contribution in [2.24, 2.45) is 17.8 Å². The number of hydrogen-bond donors (Lipinski definition) is 1. The molecule has 5 rings (SSSR count). The lowest BCUT2D eigenvalue weighted by Crippen LogP contribution is -2.49. The molecule has 4 aliphatic carbocycles. The number of nitrogens with zero attached hydrogens (tertiary/aromatic N) is 2. The Hall–Kier alpha value is -0.900. The summed E-state index contributed by atoms with van der Waals surface area (Å²) in [5.74, 6) is 4.57. The predicted molar refractivity (Wildman–Crippen MR) is 71.5 cm³/mol. The Bertz CT molecular complexity index is 432. The van der Waals surface area contributed by atoms with Crippen molar-refractivity contribution >= 4 is 0 Å². The highest BCUT2D eigenvalue weighted by Crippen LogP contribution is 2.60. The lowest BCUT2D eigenvalue weighted by Gasteiger charge is -2.55. The molecule has 4 saturated carbocycles. The molecule has 1 N–H and O–H groups in total. The summed E-state index contributed by atoms with van der Waals surface area (Å²) in [6, 6.07) is 0. The van der Waals surface area contributed by atoms with Gasteiger partial charge in [0.1, 0.15) is 0 Å². The highest BCUT2D eigenvalue weighted by molar-refractivity contribution is 5.16. The van der Waals surface area contributed by atoms with Crippen molar-refractivity contribution in [1.82, 2.24) is 15.5 Å². The first-order chi connectivity index (χ1) is 9.27. The van der Waals surface area contributed by atoms with E-state index in [0.29, 0.717) is 6.54 Å². The van der Waals surface area contributed by atoms with Gasteiger partial charge in [0.2, 0.25) is 5.89 Å². The first-order valence-corrected chi connectivity index (χ1v) is 7.81. The van der Waals surface area contributed by atoms with Gasteiger partial charge >= 0.3 is 0 Å². The molecular weight excluding hydrogens is 238 g/mol. The van der Waals surface area contributed by atoms with Gasteiger partial charge in [0.15, 0.2) is 5.82 Å². The number of rotatable bonds is 4. The molecule has 0 aromatic carbocycles. The minimum Gasteiger partial charge on any atom is -0.338 e. The van der Waals surface area contributed by atoms with Crippen LogP contribution in [0.2, 0.25) is 0 Å². The van der Waals surface area contributed by atoms with Gasteiger partial charge in [0, 0.05) is 5.41 Å². The third kappa shape index (κ3) is 1.92. The van der Waals surface area contributed by atoms with E-state index in [1.807, 2.05) is 0 Å². The number of nitrogens with one attached hydrogen (secondary N) is 1. The molecule has 4 nitrogen and oxygen atoms in total. The van der Waals surface area contributed by atoms with E-state index in [1.54, 1.807) is 0 Å². The molecule has 1 aromatic rings. The summed E-state index contributed by atoms with van der Waals surface area (Å²) < 4.78 is 5.43. The zero-order valence-corrected chi connectivity index (χ0v) is 11.7. The predicted octanol–water partition coefficient (Wildman–Crippen LogP) is 2.65. The van der Waals surface area contributed by atoms with Gasteiger partial charge in [0.25, 0.3) is 0 Å². The summed E-state index contributed by atoms with van der Waals surface area (Å²) in [4.78, 5) is 4.70. The van der Waals surface area contributed by atoms with Crippen molar-refractivity contribution in [1.29, 1.82) is 0 Å². The van der Waals surface area contributed by atoms with Crippen LogP contribution in [0, 0.1) is 17.8 Å². The van der Waals surface area contributed by atoms with Gasteiger partial charge in [-0.05, 0) is 62.8 Å². The third-order valence-electron chi connectivity index (χ3n) is 5.51. The molecule has 0 radical (unpaired) electrons. The molecule has 0 aliphatic heterocycles. The zero-order valence-electron chi connectivity index (χ0n) is 11.7. The van der Waals surface area contributed by atoms with Crippen molar-refractivity contribution in [3.05, 3.63) is 11.7 Å². The average molecular weight is 261 g/mol. The smallest absolute Gasteiger partial charge is 0.240 e. The minimum absolute atomic E-state index is 0.267. The summed E-state index contributed by atoms with van der Waals surface area (Å²) in [5, 5.41) is 7.59. The van der Waals surface area contributed by atoms with Crippen LogP contribution in [-0.4, -0.2) is 16.7 Å². The molecule has 0 unspecified atom stereocenters. The molecule has 1 heterocycles. The zero-order chi connectivity index (χ0) is 12.9. The lowest BCUT2D eigenvalue weighted by molar-refractivity contribution is -0.0103. The largest absolute Gasteiger partial charge is 0.338 e. The highest BCUT2D eigenvalue weighted by atomic mass is 16.5. The molecule has 1 aromatic heterocycles. The summed E-state index contributed by atoms with van der Waals surface area (Å²) in [6.45, 7) is 3.74. The first kappa shape index (κ1) is 11.9. The Morgan fingerprint density at radius 1 is 1.16 bits per heavy atom. The molecule has 0 saturated heterocycles. The third-order valence-corrected chi connectivity index (χ3v) is 5.51. The maximum absolute atomic E-state index is 5.43. The van der Waals surface area contributed by atoms with Gasteiger partial charge in [-0.25, -0.2) is 0 Å². The summed E-state index contributed by atoms with van der Waals surface area (Å²) in [5.41, 5.74) is 0.267. The SMILES string of the molecule is CCNCc1nc(C23CC4CC(CC(C4)C2)C3)no1. The fraction of sp³-hybridized carbons (Fsp3) is 0.867. The van der Waals surface area contributed by atoms with E-state index in [-0.39, 0.29) is 5.41 Å². The normalized spacial score (nSPS) is 39.9. The lowest BCUT2D eigenvalue weighted by atomic mass is 9.49. The Labute approximate surface area is 114 Å². The van der Waals surface area contributed by atoms with Crippen molar-refractivity contribution in [2.45, 2.75) is 57.4 Å². The maximum Gasteiger partial charge on any atom is 0.240 e. The van der Waals surface area contributed by atoms with Crippen LogP contribution in [0.25, 0.3) is 0 Å². The Balaban J connectivity index is 1.59. The first-order valence-electron chi connectivity index (χ1n) is 7.81. The second kappa shape index (κ2) is 4.30. The highest BCUT2D eigenvalue weighted by Gasteiger charge is 2.53. The van der Waals surface area contributed by atoms with Gasteiger partial charge in [0.05, 0.1) is 6.54 Å². The van der Waals surface area contributed by atoms with Gasteiger partial charge < -0.3 is 9.84 Å². The molecule has 0 spiro atoms. The Kier molecular flexibility index (Phi) is 2.69. The molecule has 4 heteroatoms. The van der Waals surface area contributed by atoms with E-state index in [9.17, 15) is 0 Å². The van der Waals surface area contributed by atoms with Crippen LogP contribution in [0.4, 0.5) is 0 Å². The molecule has 104 valence electrons. The standard InChI is InChI=1S/C15H23N3O/c1-2-16-9-13-17-14(18-19-13)15-6-10-3-11(7-15)5-12(4-10)8-15/h10-12,16H,2-9H2,1H3. The van der Waals surface area contributed by atoms with Crippen LogP contribution in [0.15, 0.2) is 4.52 Å². The van der Waals surface area contributed by atoms with Crippen LogP contribution in [0.1, 0.15) is 57.2 Å². The van der Waals surface area contributed by atoms with Crippen LogP contribution in [0.3, 0.4) is 0 Å². The van der Waals surface area contributed by atoms with Crippen molar-refractivity contribution in [2.75, 3.05) is 6.54 Å². The van der Waals surface area contributed by atoms with E-state index < -0.39 is 0 Å². The van der Waals surface area contributed by atoms with Crippen LogP contribution in [0.5, 0.6) is 0 Å². The number of aromatic nitrogens is 2. The van der Waals surface area contributed by atoms with E-state index in [1.165, 1.54) is 38.5 Å². The fourth-order valence-corrected chi connectivity index (χ4v) is 5.16. The van der Waals surface area contributed by atoms with Crippen LogP contribution >= 0.6 is 0 Å². The average Bonchev–Trinajstić information content (AvgIpc) is 2.84. The second-order valence-electron chi connectivity index (χ2n) is 6.99. The minimum atomic E-state index is 0.267. The van der Waals surface area contributed by atoms with E-state index >= 15 is 0 Å². The summed E-state index contributed by atoms with van der Waals surface area (Å²) in [6.07, 6.45) is 8.29. The molecule has 4 bridgehead atoms. The van der Waals surface area contributed by atoms with Gasteiger partial charge in [-0.1, -0.05) is 12.1 Å². The second-order valence-corrected chi connectivity index (χ2v) is 6.99. The Morgan fingerprint density at radius 2 is 1.79 bits per heavy atom. The van der Waals surface area contributed by atoms with Crippen LogP contribution < -0.4 is 5.32 Å². The van der Waals surface area contributed by atoms with Gasteiger partial charge in [-0.15, -0.1) is 0 Å². The van der Waals surface area contributed by atoms with Gasteiger partial charge in [-0.2, -0.15) is 4.98 Å². The molecule has 4 fully saturated rings. The van der Waals surface area contributed by atoms with E-state index in [2.05, 4.69) is 17.4 Å². The molecule has 19 heavy (non-hydrogen) atoms. The quantitative estimate of drug-likeness (QED) is 0.905. The van der Waals surface area contributed by atoms with E-state index in [4.69, 9.17) is 9.51 Å². The summed E-state index contributed by atoms with van der Waals surface area (Å²) in [7, 11) is 0. The molecule has 4 aliphatic rings. The number of hydrogen-bond acceptors (Lipinski definition) is 4. The molecule has 0 atom stereocenters. The van der Waals surface area contributed by atoms with Gasteiger partial charge in [-0.3, -0.25) is 0 Å². The molecular formula is C15H23N3O. The molecule has 0 amide bonds. The van der Waals surface area contributed by atoms with Crippen molar-refractivity contribution in [3.8, 4) is 0 Å². The monoisotopic (exact) mass is 261 g/mol. The summed E-state index contributed by atoms with van der Waals surface area (Å²) >= 11 is 0. The maximum atomic E-state index is 5.43. The van der Waals surface area contributed by atoms with E-state index in [0.717, 1.165) is 36.0 Å². The van der Waals surface area contributed by atoms with Crippen molar-refractivity contribution < 1.29 is 4.52 Å². The van der Waals surface area contributed by atoms with Crippen molar-refractivity contribution in [3.63, 3.8) is 0 Å².